The van der Waals surface area contributed by atoms with E-state index >= 15 is 0 Å². The highest BCUT2D eigenvalue weighted by molar-refractivity contribution is 5.89. The van der Waals surface area contributed by atoms with Crippen LogP contribution in [0.3, 0.4) is 0 Å². The van der Waals surface area contributed by atoms with Gasteiger partial charge in [0.25, 0.3) is 0 Å². The maximum absolute atomic E-state index is 12.8. The fraction of sp³-hybridized carbons (Fsp3) is 0.250. The Bertz CT molecular complexity index is 377. The van der Waals surface area contributed by atoms with E-state index in [0.29, 0.717) is 12.2 Å². The third-order valence-corrected chi connectivity index (χ3v) is 1.91. The average molecular weight is 222 g/mol. The minimum absolute atomic E-state index is 0.324. The van der Waals surface area contributed by atoms with E-state index in [0.717, 1.165) is 6.42 Å². The molecule has 2 amide bonds. The molecule has 16 heavy (non-hydrogen) atoms. The molecule has 3 nitrogen and oxygen atoms in total. The molecule has 2 N–H and O–H groups in total. The molecule has 0 aliphatic heterocycles. The SMILES string of the molecule is C/C=C/CCNC(=O)Nc1cccc(F)c1. The fourth-order valence-corrected chi connectivity index (χ4v) is 1.18. The number of carbonyl (C=O) groups excluding carboxylic acids is 1. The summed E-state index contributed by atoms with van der Waals surface area (Å²) in [5, 5.41) is 5.21. The molecule has 0 aliphatic rings. The van der Waals surface area contributed by atoms with Gasteiger partial charge in [0.15, 0.2) is 0 Å². The van der Waals surface area contributed by atoms with Crippen molar-refractivity contribution in [3.05, 3.63) is 42.2 Å². The lowest BCUT2D eigenvalue weighted by molar-refractivity contribution is 0.252. The van der Waals surface area contributed by atoms with Crippen molar-refractivity contribution in [1.29, 1.82) is 0 Å². The number of amides is 2. The second kappa shape index (κ2) is 6.61. The molecule has 0 spiro atoms. The van der Waals surface area contributed by atoms with Crippen molar-refractivity contribution in [1.82, 2.24) is 5.32 Å². The monoisotopic (exact) mass is 222 g/mol. The van der Waals surface area contributed by atoms with Gasteiger partial charge in [-0.2, -0.15) is 0 Å². The number of urea groups is 1. The minimum atomic E-state index is -0.369. The van der Waals surface area contributed by atoms with E-state index < -0.39 is 0 Å². The lowest BCUT2D eigenvalue weighted by Gasteiger charge is -2.06. The number of hydrogen-bond acceptors (Lipinski definition) is 1. The van der Waals surface area contributed by atoms with Gasteiger partial charge < -0.3 is 10.6 Å². The Hall–Kier alpha value is -1.84. The van der Waals surface area contributed by atoms with Crippen LogP contribution in [0.4, 0.5) is 14.9 Å². The van der Waals surface area contributed by atoms with Crippen molar-refractivity contribution in [3.63, 3.8) is 0 Å². The van der Waals surface area contributed by atoms with Crippen molar-refractivity contribution >= 4 is 11.7 Å². The Morgan fingerprint density at radius 3 is 3.00 bits per heavy atom. The van der Waals surface area contributed by atoms with Crippen LogP contribution in [0.2, 0.25) is 0 Å². The molecule has 0 saturated carbocycles. The van der Waals surface area contributed by atoms with Gasteiger partial charge in [0, 0.05) is 12.2 Å². The molecule has 4 heteroatoms. The van der Waals surface area contributed by atoms with Gasteiger partial charge in [-0.25, -0.2) is 9.18 Å². The van der Waals surface area contributed by atoms with E-state index in [1.54, 1.807) is 12.1 Å². The van der Waals surface area contributed by atoms with Crippen LogP contribution >= 0.6 is 0 Å². The molecule has 0 heterocycles. The molecular weight excluding hydrogens is 207 g/mol. The quantitative estimate of drug-likeness (QED) is 0.597. The van der Waals surface area contributed by atoms with E-state index in [1.807, 2.05) is 19.1 Å². The van der Waals surface area contributed by atoms with Crippen molar-refractivity contribution in [2.45, 2.75) is 13.3 Å². The number of benzene rings is 1. The normalized spacial score (nSPS) is 10.4. The molecule has 0 aromatic heterocycles. The molecule has 1 aromatic carbocycles. The smallest absolute Gasteiger partial charge is 0.319 e. The summed E-state index contributed by atoms with van der Waals surface area (Å²) in [6.07, 6.45) is 4.67. The molecular formula is C12H15FN2O. The predicted octanol–water partition coefficient (Wildman–Crippen LogP) is 2.91. The van der Waals surface area contributed by atoms with Crippen molar-refractivity contribution in [3.8, 4) is 0 Å². The minimum Gasteiger partial charge on any atom is -0.338 e. The Kier molecular flexibility index (Phi) is 5.05. The van der Waals surface area contributed by atoms with Crippen LogP contribution in [0.5, 0.6) is 0 Å². The van der Waals surface area contributed by atoms with Crippen LogP contribution in [-0.4, -0.2) is 12.6 Å². The van der Waals surface area contributed by atoms with Crippen LogP contribution in [0.1, 0.15) is 13.3 Å². The fourth-order valence-electron chi connectivity index (χ4n) is 1.18. The van der Waals surface area contributed by atoms with E-state index in [4.69, 9.17) is 0 Å². The van der Waals surface area contributed by atoms with Gasteiger partial charge in [-0.3, -0.25) is 0 Å². The summed E-state index contributed by atoms with van der Waals surface area (Å²) in [7, 11) is 0. The highest BCUT2D eigenvalue weighted by Crippen LogP contribution is 2.08. The van der Waals surface area contributed by atoms with Crippen molar-refractivity contribution < 1.29 is 9.18 Å². The number of rotatable bonds is 4. The Labute approximate surface area is 94.4 Å². The summed E-state index contributed by atoms with van der Waals surface area (Å²) in [5.74, 6) is -0.369. The highest BCUT2D eigenvalue weighted by atomic mass is 19.1. The van der Waals surface area contributed by atoms with Crippen LogP contribution in [0.25, 0.3) is 0 Å². The van der Waals surface area contributed by atoms with Gasteiger partial charge in [0.1, 0.15) is 5.82 Å². The first-order valence-corrected chi connectivity index (χ1v) is 5.14. The van der Waals surface area contributed by atoms with Crippen LogP contribution in [0.15, 0.2) is 36.4 Å². The standard InChI is InChI=1S/C12H15FN2O/c1-2-3-4-8-14-12(16)15-11-7-5-6-10(13)9-11/h2-3,5-7,9H,4,8H2,1H3,(H2,14,15,16)/b3-2+. The van der Waals surface area contributed by atoms with Gasteiger partial charge in [0.2, 0.25) is 0 Å². The summed E-state index contributed by atoms with van der Waals surface area (Å²) in [4.78, 5) is 11.3. The van der Waals surface area contributed by atoms with Gasteiger partial charge in [-0.05, 0) is 31.5 Å². The maximum atomic E-state index is 12.8. The molecule has 0 radical (unpaired) electrons. The number of anilines is 1. The molecule has 0 unspecified atom stereocenters. The first-order valence-electron chi connectivity index (χ1n) is 5.14. The zero-order chi connectivity index (χ0) is 11.8. The molecule has 1 aromatic rings. The number of allylic oxidation sites excluding steroid dienone is 1. The zero-order valence-electron chi connectivity index (χ0n) is 9.16. The second-order valence-corrected chi connectivity index (χ2v) is 3.25. The Morgan fingerprint density at radius 2 is 2.31 bits per heavy atom. The molecule has 0 atom stereocenters. The summed E-state index contributed by atoms with van der Waals surface area (Å²) in [5.41, 5.74) is 0.448. The van der Waals surface area contributed by atoms with Crippen LogP contribution < -0.4 is 10.6 Å². The van der Waals surface area contributed by atoms with Gasteiger partial charge in [-0.15, -0.1) is 0 Å². The number of nitrogens with one attached hydrogen (secondary N) is 2. The van der Waals surface area contributed by atoms with Gasteiger partial charge in [0.05, 0.1) is 0 Å². The Morgan fingerprint density at radius 1 is 1.50 bits per heavy atom. The predicted molar refractivity (Wildman–Crippen MR) is 62.9 cm³/mol. The third kappa shape index (κ3) is 4.59. The molecule has 0 saturated heterocycles. The average Bonchev–Trinajstić information content (AvgIpc) is 2.24. The highest BCUT2D eigenvalue weighted by Gasteiger charge is 2.00. The van der Waals surface area contributed by atoms with E-state index in [2.05, 4.69) is 10.6 Å². The van der Waals surface area contributed by atoms with E-state index in [1.165, 1.54) is 12.1 Å². The summed E-state index contributed by atoms with van der Waals surface area (Å²) in [6, 6.07) is 5.45. The number of hydrogen-bond donors (Lipinski definition) is 2. The zero-order valence-corrected chi connectivity index (χ0v) is 9.16. The molecule has 0 bridgehead atoms. The van der Waals surface area contributed by atoms with Gasteiger partial charge >= 0.3 is 6.03 Å². The molecule has 86 valence electrons. The molecule has 0 aliphatic carbocycles. The number of carbonyl (C=O) groups is 1. The largest absolute Gasteiger partial charge is 0.338 e. The van der Waals surface area contributed by atoms with E-state index in [9.17, 15) is 9.18 Å². The summed E-state index contributed by atoms with van der Waals surface area (Å²) >= 11 is 0. The number of halogens is 1. The van der Waals surface area contributed by atoms with E-state index in [-0.39, 0.29) is 11.8 Å². The Balaban J connectivity index is 2.34. The summed E-state index contributed by atoms with van der Waals surface area (Å²) < 4.78 is 12.8. The third-order valence-electron chi connectivity index (χ3n) is 1.91. The first kappa shape index (κ1) is 12.2. The lowest BCUT2D eigenvalue weighted by Crippen LogP contribution is -2.29. The van der Waals surface area contributed by atoms with Crippen molar-refractivity contribution in [2.24, 2.45) is 0 Å². The van der Waals surface area contributed by atoms with Crippen LogP contribution in [0, 0.1) is 5.82 Å². The van der Waals surface area contributed by atoms with Crippen molar-refractivity contribution in [2.75, 3.05) is 11.9 Å². The maximum Gasteiger partial charge on any atom is 0.319 e. The molecule has 1 rings (SSSR count). The topological polar surface area (TPSA) is 41.1 Å². The second-order valence-electron chi connectivity index (χ2n) is 3.25. The van der Waals surface area contributed by atoms with Crippen LogP contribution in [-0.2, 0) is 0 Å². The lowest BCUT2D eigenvalue weighted by atomic mass is 10.3. The first-order chi connectivity index (χ1) is 7.72. The van der Waals surface area contributed by atoms with Gasteiger partial charge in [-0.1, -0.05) is 18.2 Å². The summed E-state index contributed by atoms with van der Waals surface area (Å²) in [6.45, 7) is 2.48. The molecule has 0 fully saturated rings.